The molecule has 98 valence electrons. The van der Waals surface area contributed by atoms with Crippen LogP contribution in [0.5, 0.6) is 0 Å². The van der Waals surface area contributed by atoms with Gasteiger partial charge in [-0.1, -0.05) is 0 Å². The predicted octanol–water partition coefficient (Wildman–Crippen LogP) is 1.83. The minimum absolute atomic E-state index is 0.0150. The van der Waals surface area contributed by atoms with E-state index in [0.717, 1.165) is 12.2 Å². The summed E-state index contributed by atoms with van der Waals surface area (Å²) in [5, 5.41) is 6.05. The molecule has 0 unspecified atom stereocenters. The van der Waals surface area contributed by atoms with Gasteiger partial charge in [-0.2, -0.15) is 0 Å². The van der Waals surface area contributed by atoms with Crippen molar-refractivity contribution in [3.05, 3.63) is 24.3 Å². The van der Waals surface area contributed by atoms with Crippen LogP contribution >= 0.6 is 0 Å². The number of rotatable bonds is 5. The molecule has 0 aromatic heterocycles. The van der Waals surface area contributed by atoms with Gasteiger partial charge in [0.1, 0.15) is 0 Å². The highest BCUT2D eigenvalue weighted by Crippen LogP contribution is 2.21. The summed E-state index contributed by atoms with van der Waals surface area (Å²) in [6.07, 6.45) is 2.60. The van der Waals surface area contributed by atoms with E-state index in [1.165, 1.54) is 38.5 Å². The molecular formula is C14H21N3O. The van der Waals surface area contributed by atoms with E-state index in [4.69, 9.17) is 0 Å². The van der Waals surface area contributed by atoms with E-state index >= 15 is 0 Å². The summed E-state index contributed by atoms with van der Waals surface area (Å²) in [5.41, 5.74) is 2.41. The van der Waals surface area contributed by atoms with Crippen molar-refractivity contribution >= 4 is 17.3 Å². The summed E-state index contributed by atoms with van der Waals surface area (Å²) in [4.78, 5) is 13.1. The van der Waals surface area contributed by atoms with Crippen LogP contribution in [0.2, 0.25) is 0 Å². The average molecular weight is 247 g/mol. The van der Waals surface area contributed by atoms with Crippen LogP contribution in [0.4, 0.5) is 11.4 Å². The van der Waals surface area contributed by atoms with Crippen LogP contribution in [-0.2, 0) is 4.79 Å². The van der Waals surface area contributed by atoms with Gasteiger partial charge >= 0.3 is 0 Å². The maximum absolute atomic E-state index is 10.7. The third-order valence-corrected chi connectivity index (χ3v) is 3.17. The molecule has 0 spiro atoms. The fourth-order valence-corrected chi connectivity index (χ4v) is 2.21. The first-order chi connectivity index (χ1) is 8.75. The van der Waals surface area contributed by atoms with Crippen molar-refractivity contribution in [1.29, 1.82) is 0 Å². The van der Waals surface area contributed by atoms with E-state index in [1.807, 2.05) is 0 Å². The van der Waals surface area contributed by atoms with Gasteiger partial charge in [-0.3, -0.25) is 4.79 Å². The second-order valence-corrected chi connectivity index (χ2v) is 4.65. The molecule has 0 bridgehead atoms. The van der Waals surface area contributed by atoms with Crippen LogP contribution < -0.4 is 15.5 Å². The molecule has 0 atom stereocenters. The molecule has 4 nitrogen and oxygen atoms in total. The van der Waals surface area contributed by atoms with Gasteiger partial charge < -0.3 is 15.5 Å². The normalized spacial score (nSPS) is 14.6. The SMILES string of the molecule is CC(=O)NCCNc1ccc(N2CCCC2)cc1. The van der Waals surface area contributed by atoms with Gasteiger partial charge in [-0.15, -0.1) is 0 Å². The zero-order valence-corrected chi connectivity index (χ0v) is 10.9. The molecule has 1 aliphatic heterocycles. The quantitative estimate of drug-likeness (QED) is 0.780. The fraction of sp³-hybridized carbons (Fsp3) is 0.500. The van der Waals surface area contributed by atoms with Gasteiger partial charge in [0, 0.05) is 44.5 Å². The molecule has 1 fully saturated rings. The summed E-state index contributed by atoms with van der Waals surface area (Å²) < 4.78 is 0. The summed E-state index contributed by atoms with van der Waals surface area (Å²) in [6.45, 7) is 5.29. The molecule has 2 rings (SSSR count). The molecule has 4 heteroatoms. The number of carbonyl (C=O) groups is 1. The van der Waals surface area contributed by atoms with Crippen molar-refractivity contribution in [1.82, 2.24) is 5.32 Å². The lowest BCUT2D eigenvalue weighted by Crippen LogP contribution is -2.26. The van der Waals surface area contributed by atoms with Crippen molar-refractivity contribution < 1.29 is 4.79 Å². The van der Waals surface area contributed by atoms with E-state index in [-0.39, 0.29) is 5.91 Å². The van der Waals surface area contributed by atoms with Gasteiger partial charge in [-0.25, -0.2) is 0 Å². The molecule has 0 aliphatic carbocycles. The highest BCUT2D eigenvalue weighted by Gasteiger charge is 2.11. The zero-order valence-electron chi connectivity index (χ0n) is 10.9. The monoisotopic (exact) mass is 247 g/mol. The van der Waals surface area contributed by atoms with Crippen LogP contribution in [0, 0.1) is 0 Å². The minimum Gasteiger partial charge on any atom is -0.383 e. The predicted molar refractivity (Wildman–Crippen MR) is 75.1 cm³/mol. The van der Waals surface area contributed by atoms with Crippen molar-refractivity contribution in [3.63, 3.8) is 0 Å². The molecule has 1 amide bonds. The number of hydrogen-bond donors (Lipinski definition) is 2. The molecule has 2 N–H and O–H groups in total. The van der Waals surface area contributed by atoms with E-state index in [9.17, 15) is 4.79 Å². The van der Waals surface area contributed by atoms with Crippen LogP contribution in [0.25, 0.3) is 0 Å². The highest BCUT2D eigenvalue weighted by molar-refractivity contribution is 5.72. The van der Waals surface area contributed by atoms with Gasteiger partial charge in [0.25, 0.3) is 0 Å². The standard InChI is InChI=1S/C14H21N3O/c1-12(18)15-8-9-16-13-4-6-14(7-5-13)17-10-2-3-11-17/h4-7,16H,2-3,8-11H2,1H3,(H,15,18). The highest BCUT2D eigenvalue weighted by atomic mass is 16.1. The van der Waals surface area contributed by atoms with Crippen LogP contribution in [-0.4, -0.2) is 32.1 Å². The van der Waals surface area contributed by atoms with Crippen LogP contribution in [0.1, 0.15) is 19.8 Å². The smallest absolute Gasteiger partial charge is 0.216 e. The van der Waals surface area contributed by atoms with Gasteiger partial charge in [-0.05, 0) is 37.1 Å². The minimum atomic E-state index is 0.0150. The molecule has 0 radical (unpaired) electrons. The Kier molecular flexibility index (Phi) is 4.45. The third-order valence-electron chi connectivity index (χ3n) is 3.17. The Morgan fingerprint density at radius 2 is 1.83 bits per heavy atom. The second kappa shape index (κ2) is 6.28. The Labute approximate surface area is 108 Å². The van der Waals surface area contributed by atoms with E-state index in [2.05, 4.69) is 39.8 Å². The molecule has 18 heavy (non-hydrogen) atoms. The van der Waals surface area contributed by atoms with Gasteiger partial charge in [0.05, 0.1) is 0 Å². The first-order valence-electron chi connectivity index (χ1n) is 6.59. The van der Waals surface area contributed by atoms with Gasteiger partial charge in [0.2, 0.25) is 5.91 Å². The fourth-order valence-electron chi connectivity index (χ4n) is 2.21. The number of nitrogens with one attached hydrogen (secondary N) is 2. The summed E-state index contributed by atoms with van der Waals surface area (Å²) in [7, 11) is 0. The lowest BCUT2D eigenvalue weighted by molar-refractivity contribution is -0.118. The second-order valence-electron chi connectivity index (χ2n) is 4.65. The van der Waals surface area contributed by atoms with Crippen molar-refractivity contribution in [2.45, 2.75) is 19.8 Å². The lowest BCUT2D eigenvalue weighted by Gasteiger charge is -2.18. The molecule has 1 aliphatic rings. The number of amides is 1. The molecule has 0 saturated carbocycles. The summed E-state index contributed by atoms with van der Waals surface area (Å²) >= 11 is 0. The summed E-state index contributed by atoms with van der Waals surface area (Å²) in [5.74, 6) is 0.0150. The van der Waals surface area contributed by atoms with E-state index in [0.29, 0.717) is 6.54 Å². The molecule has 1 saturated heterocycles. The van der Waals surface area contributed by atoms with Crippen molar-refractivity contribution in [2.75, 3.05) is 36.4 Å². The average Bonchev–Trinajstić information content (AvgIpc) is 2.89. The lowest BCUT2D eigenvalue weighted by atomic mass is 10.2. The number of benzene rings is 1. The third kappa shape index (κ3) is 3.65. The van der Waals surface area contributed by atoms with Crippen molar-refractivity contribution in [3.8, 4) is 0 Å². The largest absolute Gasteiger partial charge is 0.383 e. The number of hydrogen-bond acceptors (Lipinski definition) is 3. The Bertz CT molecular complexity index is 383. The van der Waals surface area contributed by atoms with E-state index in [1.54, 1.807) is 0 Å². The van der Waals surface area contributed by atoms with Gasteiger partial charge in [0.15, 0.2) is 0 Å². The molecule has 1 aromatic rings. The molecule has 1 heterocycles. The summed E-state index contributed by atoms with van der Waals surface area (Å²) in [6, 6.07) is 8.51. The maximum Gasteiger partial charge on any atom is 0.216 e. The van der Waals surface area contributed by atoms with Crippen LogP contribution in [0.15, 0.2) is 24.3 Å². The van der Waals surface area contributed by atoms with E-state index < -0.39 is 0 Å². The first-order valence-corrected chi connectivity index (χ1v) is 6.59. The Balaban J connectivity index is 1.78. The zero-order chi connectivity index (χ0) is 12.8. The first kappa shape index (κ1) is 12.7. The number of anilines is 2. The Morgan fingerprint density at radius 3 is 2.44 bits per heavy atom. The Morgan fingerprint density at radius 1 is 1.17 bits per heavy atom. The molecular weight excluding hydrogens is 226 g/mol. The van der Waals surface area contributed by atoms with Crippen molar-refractivity contribution in [2.24, 2.45) is 0 Å². The molecule has 1 aromatic carbocycles. The maximum atomic E-state index is 10.7. The number of nitrogens with zero attached hydrogens (tertiary/aromatic N) is 1. The van der Waals surface area contributed by atoms with Crippen LogP contribution in [0.3, 0.4) is 0 Å². The topological polar surface area (TPSA) is 44.4 Å². The number of carbonyl (C=O) groups excluding carboxylic acids is 1. The Hall–Kier alpha value is -1.71.